The summed E-state index contributed by atoms with van der Waals surface area (Å²) in [6.07, 6.45) is 11.0. The second kappa shape index (κ2) is 6.86. The SMILES string of the molecule is C#CCCCCC(=O)Nc1cnccc1Cl. The molecule has 3 nitrogen and oxygen atoms in total. The fraction of sp³-hybridized carbons (Fsp3) is 0.333. The van der Waals surface area contributed by atoms with Gasteiger partial charge in [-0.15, -0.1) is 12.3 Å². The quantitative estimate of drug-likeness (QED) is 0.631. The van der Waals surface area contributed by atoms with Gasteiger partial charge in [-0.25, -0.2) is 0 Å². The minimum atomic E-state index is -0.0630. The Labute approximate surface area is 100 Å². The molecule has 1 N–H and O–H groups in total. The number of nitrogens with zero attached hydrogens (tertiary/aromatic N) is 1. The van der Waals surface area contributed by atoms with Gasteiger partial charge >= 0.3 is 0 Å². The van der Waals surface area contributed by atoms with Gasteiger partial charge < -0.3 is 5.32 Å². The summed E-state index contributed by atoms with van der Waals surface area (Å²) in [4.78, 5) is 15.4. The lowest BCUT2D eigenvalue weighted by Crippen LogP contribution is -2.11. The Bertz CT molecular complexity index is 398. The Balaban J connectivity index is 2.35. The van der Waals surface area contributed by atoms with E-state index in [1.54, 1.807) is 12.3 Å². The zero-order valence-corrected chi connectivity index (χ0v) is 9.63. The number of hydrogen-bond acceptors (Lipinski definition) is 2. The third-order valence-electron chi connectivity index (χ3n) is 2.02. The molecule has 0 radical (unpaired) electrons. The molecule has 0 aromatic carbocycles. The molecule has 1 aromatic rings. The monoisotopic (exact) mass is 236 g/mol. The maximum Gasteiger partial charge on any atom is 0.224 e. The van der Waals surface area contributed by atoms with Gasteiger partial charge in [-0.05, 0) is 18.9 Å². The molecular weight excluding hydrogens is 224 g/mol. The van der Waals surface area contributed by atoms with Gasteiger partial charge in [0.25, 0.3) is 0 Å². The molecular formula is C12H13ClN2O. The second-order valence-electron chi connectivity index (χ2n) is 3.31. The lowest BCUT2D eigenvalue weighted by Gasteiger charge is -2.05. The highest BCUT2D eigenvalue weighted by Gasteiger charge is 2.04. The first-order valence-corrected chi connectivity index (χ1v) is 5.44. The molecule has 0 spiro atoms. The van der Waals surface area contributed by atoms with Gasteiger partial charge in [0, 0.05) is 19.0 Å². The van der Waals surface area contributed by atoms with Crippen molar-refractivity contribution in [2.45, 2.75) is 25.7 Å². The molecule has 0 bridgehead atoms. The van der Waals surface area contributed by atoms with Gasteiger partial charge in [-0.1, -0.05) is 11.6 Å². The molecule has 16 heavy (non-hydrogen) atoms. The summed E-state index contributed by atoms with van der Waals surface area (Å²) in [7, 11) is 0. The Morgan fingerprint density at radius 3 is 3.06 bits per heavy atom. The molecule has 0 aliphatic carbocycles. The van der Waals surface area contributed by atoms with Crippen LogP contribution in [-0.2, 0) is 4.79 Å². The van der Waals surface area contributed by atoms with E-state index in [1.165, 1.54) is 6.20 Å². The number of pyridine rings is 1. The fourth-order valence-corrected chi connectivity index (χ4v) is 1.35. The Hall–Kier alpha value is -1.53. The number of nitrogens with one attached hydrogen (secondary N) is 1. The number of carbonyl (C=O) groups excluding carboxylic acids is 1. The number of terminal acetylenes is 1. The normalized spacial score (nSPS) is 9.50. The van der Waals surface area contributed by atoms with Crippen LogP contribution in [-0.4, -0.2) is 10.9 Å². The molecule has 0 aliphatic heterocycles. The minimum Gasteiger partial charge on any atom is -0.324 e. The van der Waals surface area contributed by atoms with E-state index < -0.39 is 0 Å². The van der Waals surface area contributed by atoms with Gasteiger partial charge in [-0.2, -0.15) is 0 Å². The van der Waals surface area contributed by atoms with Crippen molar-refractivity contribution in [1.29, 1.82) is 0 Å². The summed E-state index contributed by atoms with van der Waals surface area (Å²) in [5.74, 6) is 2.47. The number of anilines is 1. The Kier molecular flexibility index (Phi) is 5.38. The van der Waals surface area contributed by atoms with Crippen molar-refractivity contribution >= 4 is 23.2 Å². The first-order valence-electron chi connectivity index (χ1n) is 5.07. The topological polar surface area (TPSA) is 42.0 Å². The summed E-state index contributed by atoms with van der Waals surface area (Å²) < 4.78 is 0. The van der Waals surface area contributed by atoms with E-state index in [1.807, 2.05) is 0 Å². The van der Waals surface area contributed by atoms with Crippen molar-refractivity contribution in [2.75, 3.05) is 5.32 Å². The van der Waals surface area contributed by atoms with Crippen LogP contribution >= 0.6 is 11.6 Å². The summed E-state index contributed by atoms with van der Waals surface area (Å²) >= 11 is 5.87. The van der Waals surface area contributed by atoms with E-state index >= 15 is 0 Å². The first-order chi connectivity index (χ1) is 7.74. The molecule has 0 saturated carbocycles. The van der Waals surface area contributed by atoms with E-state index in [2.05, 4.69) is 16.2 Å². The highest BCUT2D eigenvalue weighted by Crippen LogP contribution is 2.19. The molecule has 0 aliphatic rings. The highest BCUT2D eigenvalue weighted by atomic mass is 35.5. The fourth-order valence-electron chi connectivity index (χ4n) is 1.19. The van der Waals surface area contributed by atoms with E-state index in [-0.39, 0.29) is 5.91 Å². The minimum absolute atomic E-state index is 0.0630. The molecule has 1 amide bonds. The van der Waals surface area contributed by atoms with E-state index in [0.717, 1.165) is 12.8 Å². The zero-order chi connectivity index (χ0) is 11.8. The molecule has 0 unspecified atom stereocenters. The van der Waals surface area contributed by atoms with Gasteiger partial charge in [0.15, 0.2) is 0 Å². The average Bonchev–Trinajstić information content (AvgIpc) is 2.28. The number of hydrogen-bond donors (Lipinski definition) is 1. The van der Waals surface area contributed by atoms with Gasteiger partial charge in [0.05, 0.1) is 16.9 Å². The standard InChI is InChI=1S/C12H13ClN2O/c1-2-3-4-5-6-12(16)15-11-9-14-8-7-10(11)13/h1,7-9H,3-6H2,(H,15,16). The zero-order valence-electron chi connectivity index (χ0n) is 8.87. The van der Waals surface area contributed by atoms with Crippen LogP contribution in [0.25, 0.3) is 0 Å². The van der Waals surface area contributed by atoms with E-state index in [4.69, 9.17) is 18.0 Å². The molecule has 1 aromatic heterocycles. The lowest BCUT2D eigenvalue weighted by atomic mass is 10.2. The van der Waals surface area contributed by atoms with Crippen LogP contribution < -0.4 is 5.32 Å². The van der Waals surface area contributed by atoms with Crippen LogP contribution in [0.5, 0.6) is 0 Å². The summed E-state index contributed by atoms with van der Waals surface area (Å²) in [5, 5.41) is 3.19. The van der Waals surface area contributed by atoms with Gasteiger partial charge in [0.1, 0.15) is 0 Å². The van der Waals surface area contributed by atoms with Gasteiger partial charge in [-0.3, -0.25) is 9.78 Å². The van der Waals surface area contributed by atoms with Crippen LogP contribution in [0.1, 0.15) is 25.7 Å². The summed E-state index contributed by atoms with van der Waals surface area (Å²) in [6.45, 7) is 0. The van der Waals surface area contributed by atoms with Crippen molar-refractivity contribution in [3.8, 4) is 12.3 Å². The number of halogens is 1. The molecule has 0 atom stereocenters. The highest BCUT2D eigenvalue weighted by molar-refractivity contribution is 6.33. The van der Waals surface area contributed by atoms with Crippen molar-refractivity contribution in [2.24, 2.45) is 0 Å². The second-order valence-corrected chi connectivity index (χ2v) is 3.72. The van der Waals surface area contributed by atoms with Crippen molar-refractivity contribution in [1.82, 2.24) is 4.98 Å². The average molecular weight is 237 g/mol. The third kappa shape index (κ3) is 4.33. The smallest absolute Gasteiger partial charge is 0.224 e. The van der Waals surface area contributed by atoms with Crippen LogP contribution in [0.3, 0.4) is 0 Å². The molecule has 0 fully saturated rings. The van der Waals surface area contributed by atoms with Gasteiger partial charge in [0.2, 0.25) is 5.91 Å². The lowest BCUT2D eigenvalue weighted by molar-refractivity contribution is -0.116. The molecule has 0 saturated heterocycles. The third-order valence-corrected chi connectivity index (χ3v) is 2.35. The Morgan fingerprint density at radius 2 is 2.38 bits per heavy atom. The maximum atomic E-state index is 11.5. The number of rotatable bonds is 5. The molecule has 4 heteroatoms. The van der Waals surface area contributed by atoms with Crippen molar-refractivity contribution in [3.05, 3.63) is 23.5 Å². The first kappa shape index (κ1) is 12.5. The number of amides is 1. The van der Waals surface area contributed by atoms with Crippen LogP contribution in [0.4, 0.5) is 5.69 Å². The summed E-state index contributed by atoms with van der Waals surface area (Å²) in [6, 6.07) is 1.63. The van der Waals surface area contributed by atoms with E-state index in [0.29, 0.717) is 23.6 Å². The van der Waals surface area contributed by atoms with Crippen molar-refractivity contribution in [3.63, 3.8) is 0 Å². The number of aromatic nitrogens is 1. The number of unbranched alkanes of at least 4 members (excludes halogenated alkanes) is 2. The molecule has 1 heterocycles. The summed E-state index contributed by atoms with van der Waals surface area (Å²) in [5.41, 5.74) is 0.547. The predicted octanol–water partition coefficient (Wildman–Crippen LogP) is 2.87. The van der Waals surface area contributed by atoms with E-state index in [9.17, 15) is 4.79 Å². The van der Waals surface area contributed by atoms with Crippen LogP contribution in [0.15, 0.2) is 18.5 Å². The maximum absolute atomic E-state index is 11.5. The Morgan fingerprint density at radius 1 is 1.56 bits per heavy atom. The predicted molar refractivity (Wildman–Crippen MR) is 65.2 cm³/mol. The van der Waals surface area contributed by atoms with Crippen LogP contribution in [0.2, 0.25) is 5.02 Å². The molecule has 84 valence electrons. The van der Waals surface area contributed by atoms with Crippen LogP contribution in [0, 0.1) is 12.3 Å². The largest absolute Gasteiger partial charge is 0.324 e. The van der Waals surface area contributed by atoms with Crippen molar-refractivity contribution < 1.29 is 4.79 Å². The molecule has 1 rings (SSSR count). The number of carbonyl (C=O) groups is 1.